The number of thiazole rings is 1. The van der Waals surface area contributed by atoms with Gasteiger partial charge >= 0.3 is 0 Å². The van der Waals surface area contributed by atoms with Gasteiger partial charge in [0.25, 0.3) is 18.3 Å². The number of epoxide rings is 1. The summed E-state index contributed by atoms with van der Waals surface area (Å²) >= 11 is 1.51. The molecular weight excluding hydrogens is 927 g/mol. The number of methoxy groups -OCH3 is 1. The third-order valence-corrected chi connectivity index (χ3v) is 15.8. The number of hydrazine groups is 1. The van der Waals surface area contributed by atoms with Gasteiger partial charge in [-0.3, -0.25) is 34.1 Å². The zero-order valence-electron chi connectivity index (χ0n) is 45.1. The highest BCUT2D eigenvalue weighted by atomic mass is 32.1. The maximum absolute atomic E-state index is 14.8. The van der Waals surface area contributed by atoms with Crippen LogP contribution < -0.4 is 10.7 Å². The lowest BCUT2D eigenvalue weighted by molar-refractivity contribution is -0.141. The summed E-state index contributed by atoms with van der Waals surface area (Å²) in [6.45, 7) is 24.5. The molecular formula is C57H85N7O7S. The Morgan fingerprint density at radius 3 is 2.44 bits per heavy atom. The van der Waals surface area contributed by atoms with Crippen LogP contribution in [0.15, 0.2) is 41.9 Å². The van der Waals surface area contributed by atoms with Gasteiger partial charge in [0.05, 0.1) is 41.8 Å². The van der Waals surface area contributed by atoms with Crippen molar-refractivity contribution < 1.29 is 33.4 Å². The standard InChI is InChI=1S/C54H77N7O7S.C3H8/c1-9-35(3)48(41-18-15-22-55-49(41)37(5)66-8)43(28-54(6,7)33-67-34-62)42-26-40(20-19-36(42)4)45-32-69-47(57-45)27-44(52(64)61-24-14-13-23-56-61)58-51(63)50(39-16-11-12-17-39)60-25-21-38(30-60)29-59(10-2)53(65)46-31-68-46;1-3-2/h15,18-20,22,26,32,34-35,37-39,44,46,50,56H,9-14,16-17,21,23-25,27-31,33H2,1-8H3,(H,58,63);3H2,1-2H3/b48-43+;/t35-,37?,38?,44?,46?,50?;/m1./s1. The Morgan fingerprint density at radius 2 is 1.79 bits per heavy atom. The molecule has 2 N–H and O–H groups in total. The van der Waals surface area contributed by atoms with Crippen molar-refractivity contribution in [3.05, 3.63) is 69.3 Å². The molecule has 0 radical (unpaired) electrons. The highest BCUT2D eigenvalue weighted by Gasteiger charge is 2.42. The average molecular weight is 1010 g/mol. The molecule has 1 saturated carbocycles. The fraction of sp³-hybridized carbons (Fsp3) is 0.649. The number of pyridine rings is 1. The van der Waals surface area contributed by atoms with Gasteiger partial charge < -0.3 is 24.4 Å². The molecule has 6 atom stereocenters. The van der Waals surface area contributed by atoms with E-state index in [1.807, 2.05) is 31.0 Å². The molecule has 72 heavy (non-hydrogen) atoms. The van der Waals surface area contributed by atoms with Crippen LogP contribution in [-0.2, 0) is 39.8 Å². The molecule has 1 aliphatic carbocycles. The second-order valence-corrected chi connectivity index (χ2v) is 22.3. The number of aromatic nitrogens is 2. The van der Waals surface area contributed by atoms with Crippen LogP contribution in [0, 0.1) is 30.1 Å². The number of nitrogens with zero attached hydrogens (tertiary/aromatic N) is 5. The molecule has 14 nitrogen and oxygen atoms in total. The van der Waals surface area contributed by atoms with E-state index in [0.29, 0.717) is 45.7 Å². The van der Waals surface area contributed by atoms with Crippen molar-refractivity contribution in [2.45, 2.75) is 157 Å². The lowest BCUT2D eigenvalue weighted by Gasteiger charge is -2.35. The van der Waals surface area contributed by atoms with Crippen molar-refractivity contribution in [1.82, 2.24) is 35.5 Å². The van der Waals surface area contributed by atoms with Gasteiger partial charge in [0, 0.05) is 74.4 Å². The molecule has 5 heterocycles. The molecule has 4 fully saturated rings. The highest BCUT2D eigenvalue weighted by Crippen LogP contribution is 2.44. The highest BCUT2D eigenvalue weighted by molar-refractivity contribution is 7.10. The lowest BCUT2D eigenvalue weighted by atomic mass is 9.76. The number of hydrogen-bond donors (Lipinski definition) is 2. The number of hydrogen-bond acceptors (Lipinski definition) is 12. The normalized spacial score (nSPS) is 20.4. The maximum Gasteiger partial charge on any atom is 0.293 e. The van der Waals surface area contributed by atoms with Crippen LogP contribution in [-0.4, -0.2) is 127 Å². The minimum absolute atomic E-state index is 0.0635. The minimum Gasteiger partial charge on any atom is -0.467 e. The van der Waals surface area contributed by atoms with E-state index in [9.17, 15) is 19.2 Å². The number of carbonyl (C=O) groups is 4. The number of rotatable bonds is 23. The molecule has 15 heteroatoms. The Balaban J connectivity index is 0.00000275. The summed E-state index contributed by atoms with van der Waals surface area (Å²) in [7, 11) is 1.71. The van der Waals surface area contributed by atoms with Crippen LogP contribution in [0.5, 0.6) is 0 Å². The summed E-state index contributed by atoms with van der Waals surface area (Å²) in [5.41, 5.74) is 11.1. The van der Waals surface area contributed by atoms with Crippen LogP contribution in [0.2, 0.25) is 0 Å². The van der Waals surface area contributed by atoms with Gasteiger partial charge in [-0.25, -0.2) is 10.4 Å². The van der Waals surface area contributed by atoms with Crippen LogP contribution >= 0.6 is 11.3 Å². The quantitative estimate of drug-likeness (QED) is 0.0689. The second-order valence-electron chi connectivity index (χ2n) is 21.3. The zero-order chi connectivity index (χ0) is 52.0. The topological polar surface area (TPSA) is 159 Å². The van der Waals surface area contributed by atoms with E-state index in [4.69, 9.17) is 24.2 Å². The number of allylic oxidation sites excluding steroid dienone is 2. The Labute approximate surface area is 434 Å². The summed E-state index contributed by atoms with van der Waals surface area (Å²) in [5, 5.41) is 7.83. The monoisotopic (exact) mass is 1010 g/mol. The van der Waals surface area contributed by atoms with E-state index >= 15 is 0 Å². The molecule has 2 aromatic heterocycles. The molecule has 5 unspecified atom stereocenters. The molecule has 3 aromatic rings. The first-order chi connectivity index (χ1) is 34.7. The number of likely N-dealkylation sites (tertiary alicyclic amines) is 1. The van der Waals surface area contributed by atoms with Crippen molar-refractivity contribution in [2.24, 2.45) is 23.2 Å². The summed E-state index contributed by atoms with van der Waals surface area (Å²) in [6.07, 6.45) is 11.3. The Kier molecular flexibility index (Phi) is 21.4. The molecule has 3 aliphatic heterocycles. The average Bonchev–Trinajstić information content (AvgIpc) is 3.66. The van der Waals surface area contributed by atoms with Gasteiger partial charge in [0.2, 0.25) is 5.91 Å². The Morgan fingerprint density at radius 1 is 1.04 bits per heavy atom. The van der Waals surface area contributed by atoms with Gasteiger partial charge in [-0.2, -0.15) is 0 Å². The van der Waals surface area contributed by atoms with E-state index in [1.54, 1.807) is 12.1 Å². The van der Waals surface area contributed by atoms with Crippen LogP contribution in [0.25, 0.3) is 22.4 Å². The van der Waals surface area contributed by atoms with Crippen LogP contribution in [0.4, 0.5) is 0 Å². The number of carbonyl (C=O) groups excluding carboxylic acids is 4. The molecule has 0 bridgehead atoms. The van der Waals surface area contributed by atoms with Crippen LogP contribution in [0.1, 0.15) is 153 Å². The molecule has 3 saturated heterocycles. The van der Waals surface area contributed by atoms with Gasteiger partial charge in [0.15, 0.2) is 6.10 Å². The molecule has 4 aliphatic rings. The number of amides is 3. The maximum atomic E-state index is 14.8. The summed E-state index contributed by atoms with van der Waals surface area (Å²) in [4.78, 5) is 68.0. The zero-order valence-corrected chi connectivity index (χ0v) is 45.9. The van der Waals surface area contributed by atoms with Gasteiger partial charge in [-0.1, -0.05) is 79.0 Å². The summed E-state index contributed by atoms with van der Waals surface area (Å²) in [6, 6.07) is 9.45. The molecule has 3 amide bonds. The van der Waals surface area contributed by atoms with Crippen molar-refractivity contribution in [3.8, 4) is 11.3 Å². The van der Waals surface area contributed by atoms with Crippen molar-refractivity contribution in [2.75, 3.05) is 59.6 Å². The van der Waals surface area contributed by atoms with Crippen molar-refractivity contribution in [3.63, 3.8) is 0 Å². The van der Waals surface area contributed by atoms with E-state index < -0.39 is 11.5 Å². The van der Waals surface area contributed by atoms with E-state index in [0.717, 1.165) is 109 Å². The predicted molar refractivity (Wildman–Crippen MR) is 287 cm³/mol. The number of likely N-dealkylation sites (N-methyl/N-ethyl adjacent to an activating group) is 1. The first-order valence-electron chi connectivity index (χ1n) is 27.0. The van der Waals surface area contributed by atoms with E-state index in [2.05, 4.69) is 93.8 Å². The SMILES string of the molecule is CCC.CC[C@@H](C)/C(=C(/CC(C)(C)COC=O)c1cc(-c2csc(CC(NC(=O)C(C3CCCC3)N3CCC(CN(CC)C(=O)C4CO4)C3)C(=O)N3CCCCN3)n2)ccc1C)c1cccnc1C(C)OC. The Bertz CT molecular complexity index is 2280. The lowest BCUT2D eigenvalue weighted by Crippen LogP contribution is -2.59. The fourth-order valence-electron chi connectivity index (χ4n) is 10.8. The summed E-state index contributed by atoms with van der Waals surface area (Å²) < 4.78 is 16.6. The molecule has 396 valence electrons. The third-order valence-electron chi connectivity index (χ3n) is 14.9. The van der Waals surface area contributed by atoms with Crippen LogP contribution in [0.3, 0.4) is 0 Å². The first-order valence-corrected chi connectivity index (χ1v) is 27.9. The van der Waals surface area contributed by atoms with Gasteiger partial charge in [-0.05, 0) is 124 Å². The van der Waals surface area contributed by atoms with E-state index in [1.165, 1.54) is 23.3 Å². The molecule has 0 spiro atoms. The van der Waals surface area contributed by atoms with Crippen molar-refractivity contribution >= 4 is 46.7 Å². The molecule has 7 rings (SSSR count). The van der Waals surface area contributed by atoms with Gasteiger partial charge in [-0.15, -0.1) is 11.3 Å². The fourth-order valence-corrected chi connectivity index (χ4v) is 11.6. The first kappa shape index (κ1) is 56.8. The Hall–Kier alpha value is -4.54. The smallest absolute Gasteiger partial charge is 0.293 e. The predicted octanol–water partition coefficient (Wildman–Crippen LogP) is 9.47. The van der Waals surface area contributed by atoms with E-state index in [-0.39, 0.29) is 66.8 Å². The number of nitrogens with one attached hydrogen (secondary N) is 2. The second kappa shape index (κ2) is 27.1. The minimum atomic E-state index is -0.809. The number of benzene rings is 1. The van der Waals surface area contributed by atoms with Crippen molar-refractivity contribution in [1.29, 1.82) is 0 Å². The molecule has 1 aromatic carbocycles. The third kappa shape index (κ3) is 14.8. The number of aryl methyl sites for hydroxylation is 1. The summed E-state index contributed by atoms with van der Waals surface area (Å²) in [5.74, 6) is 0.448. The van der Waals surface area contributed by atoms with Gasteiger partial charge in [0.1, 0.15) is 6.04 Å². The largest absolute Gasteiger partial charge is 0.467 e. The number of ether oxygens (including phenoxy) is 3.